The molecule has 5 heteroatoms. The Morgan fingerprint density at radius 3 is 2.64 bits per heavy atom. The summed E-state index contributed by atoms with van der Waals surface area (Å²) in [5, 5.41) is 4.35. The van der Waals surface area contributed by atoms with E-state index in [1.165, 1.54) is 7.11 Å². The van der Waals surface area contributed by atoms with Crippen molar-refractivity contribution in [2.24, 2.45) is 5.16 Å². The summed E-state index contributed by atoms with van der Waals surface area (Å²) in [6.45, 7) is 0.506. The molecule has 0 fully saturated rings. The summed E-state index contributed by atoms with van der Waals surface area (Å²) in [4.78, 5) is 18.7. The Hall–Kier alpha value is -2.33. The molecule has 2 rings (SSSR count). The first-order valence-corrected chi connectivity index (χ1v) is 7.14. The number of hydrogen-bond acceptors (Lipinski definition) is 3. The summed E-state index contributed by atoms with van der Waals surface area (Å²) in [5.41, 5.74) is 2.49. The molecule has 0 aliphatic carbocycles. The van der Waals surface area contributed by atoms with Crippen LogP contribution in [0.3, 0.4) is 0 Å². The summed E-state index contributed by atoms with van der Waals surface area (Å²) in [6, 6.07) is 14.7. The summed E-state index contributed by atoms with van der Waals surface area (Å²) in [5.74, 6) is -0.0461. The summed E-state index contributed by atoms with van der Waals surface area (Å²) in [6.07, 6.45) is 1.59. The number of oxime groups is 1. The largest absolute Gasteiger partial charge is 0.399 e. The minimum absolute atomic E-state index is 0.0461. The van der Waals surface area contributed by atoms with Crippen LogP contribution in [0.1, 0.15) is 21.5 Å². The molecule has 0 unspecified atom stereocenters. The van der Waals surface area contributed by atoms with E-state index in [1.54, 1.807) is 30.3 Å². The van der Waals surface area contributed by atoms with Crippen LogP contribution in [0.2, 0.25) is 5.02 Å². The SMILES string of the molecule is CO/N=C/c1ccc(C(=O)N(C)Cc2cccc(Cl)c2)cc1. The van der Waals surface area contributed by atoms with Crippen molar-refractivity contribution in [1.82, 2.24) is 4.90 Å². The molecular formula is C17H17ClN2O2. The van der Waals surface area contributed by atoms with Crippen LogP contribution in [0.25, 0.3) is 0 Å². The van der Waals surface area contributed by atoms with Crippen molar-refractivity contribution in [3.8, 4) is 0 Å². The van der Waals surface area contributed by atoms with Gasteiger partial charge >= 0.3 is 0 Å². The lowest BCUT2D eigenvalue weighted by Gasteiger charge is -2.17. The second kappa shape index (κ2) is 7.61. The van der Waals surface area contributed by atoms with E-state index in [9.17, 15) is 4.79 Å². The van der Waals surface area contributed by atoms with E-state index >= 15 is 0 Å². The highest BCUT2D eigenvalue weighted by Gasteiger charge is 2.12. The normalized spacial score (nSPS) is 10.7. The number of nitrogens with zero attached hydrogens (tertiary/aromatic N) is 2. The molecule has 0 aromatic heterocycles. The van der Waals surface area contributed by atoms with E-state index in [0.29, 0.717) is 17.1 Å². The molecule has 114 valence electrons. The molecule has 0 saturated heterocycles. The van der Waals surface area contributed by atoms with Crippen LogP contribution in [0.5, 0.6) is 0 Å². The first kappa shape index (κ1) is 16.0. The third-order valence-electron chi connectivity index (χ3n) is 3.12. The van der Waals surface area contributed by atoms with Crippen LogP contribution in [0, 0.1) is 0 Å². The number of carbonyl (C=O) groups is 1. The van der Waals surface area contributed by atoms with Crippen LogP contribution in [0.4, 0.5) is 0 Å². The molecule has 0 N–H and O–H groups in total. The second-order valence-corrected chi connectivity index (χ2v) is 5.27. The quantitative estimate of drug-likeness (QED) is 0.625. The lowest BCUT2D eigenvalue weighted by atomic mass is 10.1. The average Bonchev–Trinajstić information content (AvgIpc) is 2.52. The summed E-state index contributed by atoms with van der Waals surface area (Å²) >= 11 is 5.96. The molecule has 0 atom stereocenters. The third-order valence-corrected chi connectivity index (χ3v) is 3.36. The zero-order valence-corrected chi connectivity index (χ0v) is 13.2. The lowest BCUT2D eigenvalue weighted by molar-refractivity contribution is 0.0785. The third kappa shape index (κ3) is 4.33. The maximum absolute atomic E-state index is 12.4. The fourth-order valence-electron chi connectivity index (χ4n) is 2.03. The molecule has 0 aliphatic rings. The molecule has 0 heterocycles. The van der Waals surface area contributed by atoms with Gasteiger partial charge in [-0.05, 0) is 35.4 Å². The van der Waals surface area contributed by atoms with Gasteiger partial charge in [-0.15, -0.1) is 0 Å². The van der Waals surface area contributed by atoms with Crippen molar-refractivity contribution in [2.75, 3.05) is 14.2 Å². The maximum Gasteiger partial charge on any atom is 0.253 e. The van der Waals surface area contributed by atoms with Crippen LogP contribution in [-0.4, -0.2) is 31.2 Å². The molecule has 4 nitrogen and oxygen atoms in total. The molecule has 0 aliphatic heterocycles. The monoisotopic (exact) mass is 316 g/mol. The lowest BCUT2D eigenvalue weighted by Crippen LogP contribution is -2.26. The Morgan fingerprint density at radius 2 is 2.00 bits per heavy atom. The zero-order chi connectivity index (χ0) is 15.9. The van der Waals surface area contributed by atoms with E-state index in [4.69, 9.17) is 11.6 Å². The number of halogens is 1. The molecule has 0 spiro atoms. The van der Waals surface area contributed by atoms with Gasteiger partial charge in [-0.3, -0.25) is 4.79 Å². The highest BCUT2D eigenvalue weighted by molar-refractivity contribution is 6.30. The predicted molar refractivity (Wildman–Crippen MR) is 88.3 cm³/mol. The van der Waals surface area contributed by atoms with Gasteiger partial charge in [-0.2, -0.15) is 0 Å². The summed E-state index contributed by atoms with van der Waals surface area (Å²) in [7, 11) is 3.25. The summed E-state index contributed by atoms with van der Waals surface area (Å²) < 4.78 is 0. The fraction of sp³-hybridized carbons (Fsp3) is 0.176. The zero-order valence-electron chi connectivity index (χ0n) is 12.5. The number of amides is 1. The van der Waals surface area contributed by atoms with Gasteiger partial charge in [0, 0.05) is 24.2 Å². The number of hydrogen-bond donors (Lipinski definition) is 0. The predicted octanol–water partition coefficient (Wildman–Crippen LogP) is 3.59. The van der Waals surface area contributed by atoms with Crippen LogP contribution in [0.15, 0.2) is 53.7 Å². The molecule has 2 aromatic carbocycles. The topological polar surface area (TPSA) is 41.9 Å². The Balaban J connectivity index is 2.05. The maximum atomic E-state index is 12.4. The van der Waals surface area contributed by atoms with Crippen molar-refractivity contribution in [2.45, 2.75) is 6.54 Å². The Bertz CT molecular complexity index is 669. The van der Waals surface area contributed by atoms with Crippen molar-refractivity contribution < 1.29 is 9.63 Å². The van der Waals surface area contributed by atoms with Gasteiger partial charge in [0.2, 0.25) is 0 Å². The molecule has 2 aromatic rings. The minimum atomic E-state index is -0.0461. The van der Waals surface area contributed by atoms with Gasteiger partial charge in [-0.1, -0.05) is 41.0 Å². The standard InChI is InChI=1S/C17H17ClN2O2/c1-20(12-14-4-3-5-16(18)10-14)17(21)15-8-6-13(7-9-15)11-19-22-2/h3-11H,12H2,1-2H3/b19-11+. The van der Waals surface area contributed by atoms with Crippen LogP contribution >= 0.6 is 11.6 Å². The van der Waals surface area contributed by atoms with E-state index in [2.05, 4.69) is 9.99 Å². The van der Waals surface area contributed by atoms with Crippen molar-refractivity contribution in [1.29, 1.82) is 0 Å². The smallest absolute Gasteiger partial charge is 0.253 e. The average molecular weight is 317 g/mol. The molecule has 0 bridgehead atoms. The Morgan fingerprint density at radius 1 is 1.27 bits per heavy atom. The molecular weight excluding hydrogens is 300 g/mol. The van der Waals surface area contributed by atoms with Gasteiger partial charge < -0.3 is 9.74 Å². The second-order valence-electron chi connectivity index (χ2n) is 4.83. The molecule has 0 radical (unpaired) electrons. The molecule has 0 saturated carbocycles. The Labute approximate surface area is 135 Å². The number of rotatable bonds is 5. The van der Waals surface area contributed by atoms with E-state index in [-0.39, 0.29) is 5.91 Å². The van der Waals surface area contributed by atoms with Gasteiger partial charge in [-0.25, -0.2) is 0 Å². The van der Waals surface area contributed by atoms with Gasteiger partial charge in [0.25, 0.3) is 5.91 Å². The molecule has 22 heavy (non-hydrogen) atoms. The van der Waals surface area contributed by atoms with Crippen molar-refractivity contribution in [3.05, 3.63) is 70.2 Å². The Kier molecular flexibility index (Phi) is 5.55. The van der Waals surface area contributed by atoms with E-state index in [0.717, 1.165) is 11.1 Å². The van der Waals surface area contributed by atoms with Crippen LogP contribution in [-0.2, 0) is 11.4 Å². The number of carbonyl (C=O) groups excluding carboxylic acids is 1. The highest BCUT2D eigenvalue weighted by Crippen LogP contribution is 2.14. The van der Waals surface area contributed by atoms with E-state index in [1.807, 2.05) is 36.4 Å². The van der Waals surface area contributed by atoms with Gasteiger partial charge in [0.15, 0.2) is 0 Å². The van der Waals surface area contributed by atoms with Crippen molar-refractivity contribution >= 4 is 23.7 Å². The minimum Gasteiger partial charge on any atom is -0.399 e. The molecule has 1 amide bonds. The van der Waals surface area contributed by atoms with E-state index < -0.39 is 0 Å². The first-order chi connectivity index (χ1) is 10.6. The van der Waals surface area contributed by atoms with Crippen LogP contribution < -0.4 is 0 Å². The van der Waals surface area contributed by atoms with Gasteiger partial charge in [0.1, 0.15) is 7.11 Å². The number of benzene rings is 2. The van der Waals surface area contributed by atoms with Crippen molar-refractivity contribution in [3.63, 3.8) is 0 Å². The highest BCUT2D eigenvalue weighted by atomic mass is 35.5. The van der Waals surface area contributed by atoms with Gasteiger partial charge in [0.05, 0.1) is 6.21 Å². The fourth-order valence-corrected chi connectivity index (χ4v) is 2.24. The first-order valence-electron chi connectivity index (χ1n) is 6.76.